The maximum absolute atomic E-state index is 9.23. The fourth-order valence-electron chi connectivity index (χ4n) is 1.84. The van der Waals surface area contributed by atoms with Crippen LogP contribution in [0.1, 0.15) is 18.4 Å². The van der Waals surface area contributed by atoms with Crippen LogP contribution in [0.3, 0.4) is 0 Å². The molecule has 1 heterocycles. The van der Waals surface area contributed by atoms with Crippen LogP contribution in [0.15, 0.2) is 12.1 Å². The van der Waals surface area contributed by atoms with Crippen LogP contribution in [-0.4, -0.2) is 24.4 Å². The molecule has 2 rings (SSSR count). The van der Waals surface area contributed by atoms with Crippen molar-refractivity contribution in [3.8, 4) is 5.75 Å². The van der Waals surface area contributed by atoms with Gasteiger partial charge >= 0.3 is 0 Å². The van der Waals surface area contributed by atoms with Crippen LogP contribution in [-0.2, 0) is 11.3 Å². The molecular weight excluding hydrogens is 263 g/mol. The standard InChI is InChI=1S/C12H14Cl2O3/c13-9-4-8(6-15)12(11(14)5-9)17-7-10-2-1-3-16-10/h4-5,10,15H,1-3,6-7H2. The summed E-state index contributed by atoms with van der Waals surface area (Å²) >= 11 is 11.9. The van der Waals surface area contributed by atoms with Gasteiger partial charge in [-0.15, -0.1) is 0 Å². The van der Waals surface area contributed by atoms with Crippen LogP contribution in [0.25, 0.3) is 0 Å². The van der Waals surface area contributed by atoms with Gasteiger partial charge in [0.15, 0.2) is 0 Å². The van der Waals surface area contributed by atoms with Crippen molar-refractivity contribution in [2.45, 2.75) is 25.6 Å². The van der Waals surface area contributed by atoms with Crippen LogP contribution in [0.5, 0.6) is 5.75 Å². The van der Waals surface area contributed by atoms with E-state index in [1.807, 2.05) is 0 Å². The molecule has 1 fully saturated rings. The molecule has 94 valence electrons. The highest BCUT2D eigenvalue weighted by molar-refractivity contribution is 6.35. The zero-order valence-electron chi connectivity index (χ0n) is 9.29. The molecule has 1 aromatic rings. The second kappa shape index (κ2) is 5.91. The molecule has 1 aliphatic heterocycles. The second-order valence-electron chi connectivity index (χ2n) is 3.98. The van der Waals surface area contributed by atoms with Crippen molar-refractivity contribution in [1.82, 2.24) is 0 Å². The molecule has 0 saturated carbocycles. The van der Waals surface area contributed by atoms with Crippen molar-refractivity contribution in [1.29, 1.82) is 0 Å². The number of ether oxygens (including phenoxy) is 2. The van der Waals surface area contributed by atoms with Gasteiger partial charge in [-0.3, -0.25) is 0 Å². The van der Waals surface area contributed by atoms with Gasteiger partial charge < -0.3 is 14.6 Å². The minimum atomic E-state index is -0.152. The number of rotatable bonds is 4. The number of hydrogen-bond acceptors (Lipinski definition) is 3. The maximum Gasteiger partial charge on any atom is 0.143 e. The molecule has 5 heteroatoms. The first-order valence-corrected chi connectivity index (χ1v) is 6.29. The Bertz CT molecular complexity index is 390. The van der Waals surface area contributed by atoms with Crippen LogP contribution in [0.4, 0.5) is 0 Å². The zero-order valence-corrected chi connectivity index (χ0v) is 10.8. The Morgan fingerprint density at radius 3 is 2.88 bits per heavy atom. The molecule has 0 spiro atoms. The van der Waals surface area contributed by atoms with Crippen molar-refractivity contribution in [3.05, 3.63) is 27.7 Å². The summed E-state index contributed by atoms with van der Waals surface area (Å²) in [5, 5.41) is 10.1. The van der Waals surface area contributed by atoms with E-state index in [4.69, 9.17) is 32.7 Å². The quantitative estimate of drug-likeness (QED) is 0.919. The van der Waals surface area contributed by atoms with E-state index in [-0.39, 0.29) is 12.7 Å². The van der Waals surface area contributed by atoms with Gasteiger partial charge in [0.25, 0.3) is 0 Å². The largest absolute Gasteiger partial charge is 0.489 e. The molecular formula is C12H14Cl2O3. The number of aliphatic hydroxyl groups is 1. The first-order valence-electron chi connectivity index (χ1n) is 5.54. The summed E-state index contributed by atoms with van der Waals surface area (Å²) in [5.41, 5.74) is 0.598. The lowest BCUT2D eigenvalue weighted by Gasteiger charge is -2.15. The van der Waals surface area contributed by atoms with Gasteiger partial charge in [-0.1, -0.05) is 23.2 Å². The van der Waals surface area contributed by atoms with Gasteiger partial charge in [0, 0.05) is 17.2 Å². The average molecular weight is 277 g/mol. The molecule has 0 aliphatic carbocycles. The summed E-state index contributed by atoms with van der Waals surface area (Å²) in [5.74, 6) is 0.495. The third-order valence-electron chi connectivity index (χ3n) is 2.69. The monoisotopic (exact) mass is 276 g/mol. The van der Waals surface area contributed by atoms with Gasteiger partial charge in [-0.2, -0.15) is 0 Å². The highest BCUT2D eigenvalue weighted by atomic mass is 35.5. The van der Waals surface area contributed by atoms with Gasteiger partial charge in [-0.25, -0.2) is 0 Å². The van der Waals surface area contributed by atoms with Crippen LogP contribution < -0.4 is 4.74 Å². The minimum Gasteiger partial charge on any atom is -0.489 e. The summed E-state index contributed by atoms with van der Waals surface area (Å²) in [4.78, 5) is 0. The number of benzene rings is 1. The molecule has 1 saturated heterocycles. The number of hydrogen-bond donors (Lipinski definition) is 1. The Morgan fingerprint density at radius 1 is 1.41 bits per heavy atom. The first-order chi connectivity index (χ1) is 8.20. The normalized spacial score (nSPS) is 19.6. The van der Waals surface area contributed by atoms with E-state index in [9.17, 15) is 5.11 Å². The van der Waals surface area contributed by atoms with E-state index < -0.39 is 0 Å². The molecule has 0 aromatic heterocycles. The van der Waals surface area contributed by atoms with E-state index in [1.165, 1.54) is 0 Å². The maximum atomic E-state index is 9.23. The lowest BCUT2D eigenvalue weighted by molar-refractivity contribution is 0.0671. The third kappa shape index (κ3) is 3.26. The van der Waals surface area contributed by atoms with Crippen molar-refractivity contribution in [2.24, 2.45) is 0 Å². The molecule has 17 heavy (non-hydrogen) atoms. The fourth-order valence-corrected chi connectivity index (χ4v) is 2.43. The topological polar surface area (TPSA) is 38.7 Å². The zero-order chi connectivity index (χ0) is 12.3. The predicted octanol–water partition coefficient (Wildman–Crippen LogP) is 3.04. The summed E-state index contributed by atoms with van der Waals surface area (Å²) in [6.07, 6.45) is 2.18. The second-order valence-corrected chi connectivity index (χ2v) is 4.82. The van der Waals surface area contributed by atoms with Gasteiger partial charge in [0.1, 0.15) is 12.4 Å². The highest BCUT2D eigenvalue weighted by Gasteiger charge is 2.18. The Kier molecular flexibility index (Phi) is 4.51. The highest BCUT2D eigenvalue weighted by Crippen LogP contribution is 2.33. The van der Waals surface area contributed by atoms with E-state index >= 15 is 0 Å². The molecule has 1 atom stereocenters. The van der Waals surface area contributed by atoms with Gasteiger partial charge in [-0.05, 0) is 25.0 Å². The minimum absolute atomic E-state index is 0.119. The van der Waals surface area contributed by atoms with E-state index in [0.29, 0.717) is 28.0 Å². The van der Waals surface area contributed by atoms with E-state index in [1.54, 1.807) is 12.1 Å². The predicted molar refractivity (Wildman–Crippen MR) is 66.9 cm³/mol. The van der Waals surface area contributed by atoms with Gasteiger partial charge in [0.05, 0.1) is 17.7 Å². The molecule has 1 aromatic carbocycles. The molecule has 1 unspecified atom stereocenters. The van der Waals surface area contributed by atoms with Crippen LogP contribution in [0, 0.1) is 0 Å². The summed E-state index contributed by atoms with van der Waals surface area (Å²) in [6.45, 7) is 1.09. The van der Waals surface area contributed by atoms with E-state index in [0.717, 1.165) is 19.4 Å². The summed E-state index contributed by atoms with van der Waals surface area (Å²) in [6, 6.07) is 3.26. The first kappa shape index (κ1) is 13.0. The molecule has 1 N–H and O–H groups in total. The molecule has 3 nitrogen and oxygen atoms in total. The fraction of sp³-hybridized carbons (Fsp3) is 0.500. The van der Waals surface area contributed by atoms with E-state index in [2.05, 4.69) is 0 Å². The summed E-state index contributed by atoms with van der Waals surface area (Å²) in [7, 11) is 0. The van der Waals surface area contributed by atoms with Crippen molar-refractivity contribution < 1.29 is 14.6 Å². The SMILES string of the molecule is OCc1cc(Cl)cc(Cl)c1OCC1CCCO1. The number of halogens is 2. The van der Waals surface area contributed by atoms with Crippen molar-refractivity contribution in [2.75, 3.05) is 13.2 Å². The summed E-state index contributed by atoms with van der Waals surface area (Å²) < 4.78 is 11.1. The Balaban J connectivity index is 2.08. The molecule has 1 aliphatic rings. The molecule has 0 bridgehead atoms. The van der Waals surface area contributed by atoms with Crippen molar-refractivity contribution in [3.63, 3.8) is 0 Å². The smallest absolute Gasteiger partial charge is 0.143 e. The van der Waals surface area contributed by atoms with Crippen LogP contribution >= 0.6 is 23.2 Å². The third-order valence-corrected chi connectivity index (χ3v) is 3.19. The lowest BCUT2D eigenvalue weighted by Crippen LogP contribution is -2.17. The molecule has 0 radical (unpaired) electrons. The Hall–Kier alpha value is -0.480. The number of aliphatic hydroxyl groups excluding tert-OH is 1. The average Bonchev–Trinajstić information content (AvgIpc) is 2.79. The van der Waals surface area contributed by atoms with Crippen LogP contribution in [0.2, 0.25) is 10.0 Å². The van der Waals surface area contributed by atoms with Gasteiger partial charge in [0.2, 0.25) is 0 Å². The Labute approximate surface area is 110 Å². The van der Waals surface area contributed by atoms with Crippen molar-refractivity contribution >= 4 is 23.2 Å². The Morgan fingerprint density at radius 2 is 2.24 bits per heavy atom. The lowest BCUT2D eigenvalue weighted by atomic mass is 10.2. The molecule has 0 amide bonds.